The van der Waals surface area contributed by atoms with Crippen molar-refractivity contribution in [3.05, 3.63) is 29.0 Å². The molecule has 2 rings (SSSR count). The Morgan fingerprint density at radius 2 is 2.13 bits per heavy atom. The molecule has 2 N–H and O–H groups in total. The molecule has 0 saturated heterocycles. The predicted molar refractivity (Wildman–Crippen MR) is 60.6 cm³/mol. The molecule has 0 unspecified atom stereocenters. The molecule has 0 atom stereocenters. The fraction of sp³-hybridized carbons (Fsp3) is 0.200. The molecule has 15 heavy (non-hydrogen) atoms. The van der Waals surface area contributed by atoms with Crippen LogP contribution in [0.5, 0.6) is 0 Å². The van der Waals surface area contributed by atoms with E-state index in [9.17, 15) is 0 Å². The highest BCUT2D eigenvalue weighted by Crippen LogP contribution is 2.27. The summed E-state index contributed by atoms with van der Waals surface area (Å²) >= 11 is 6.05. The molecule has 0 aliphatic heterocycles. The Morgan fingerprint density at radius 3 is 2.73 bits per heavy atom. The normalized spacial score (nSPS) is 10.6. The first-order valence-electron chi connectivity index (χ1n) is 4.51. The average Bonchev–Trinajstić information content (AvgIpc) is 2.51. The van der Waals surface area contributed by atoms with Gasteiger partial charge in [0.15, 0.2) is 5.82 Å². The van der Waals surface area contributed by atoms with Crippen LogP contribution in [0.1, 0.15) is 5.82 Å². The quantitative estimate of drug-likeness (QED) is 0.752. The number of benzene rings is 1. The first kappa shape index (κ1) is 9.98. The van der Waals surface area contributed by atoms with Crippen molar-refractivity contribution in [3.8, 4) is 11.4 Å². The summed E-state index contributed by atoms with van der Waals surface area (Å²) in [5.74, 6) is 1.44. The van der Waals surface area contributed by atoms with Crippen molar-refractivity contribution < 1.29 is 0 Å². The number of rotatable bonds is 1. The molecule has 0 spiro atoms. The van der Waals surface area contributed by atoms with Gasteiger partial charge in [-0.2, -0.15) is 5.10 Å². The van der Waals surface area contributed by atoms with Gasteiger partial charge >= 0.3 is 0 Å². The highest BCUT2D eigenvalue weighted by Gasteiger charge is 2.10. The third kappa shape index (κ3) is 1.80. The van der Waals surface area contributed by atoms with Gasteiger partial charge in [-0.25, -0.2) is 4.98 Å². The van der Waals surface area contributed by atoms with E-state index in [0.717, 1.165) is 11.4 Å². The van der Waals surface area contributed by atoms with Crippen LogP contribution in [0.3, 0.4) is 0 Å². The number of hydrogen-bond acceptors (Lipinski definition) is 3. The molecule has 0 fully saturated rings. The molecular weight excluding hydrogens is 212 g/mol. The van der Waals surface area contributed by atoms with Crippen molar-refractivity contribution in [2.75, 3.05) is 5.73 Å². The summed E-state index contributed by atoms with van der Waals surface area (Å²) in [5.41, 5.74) is 7.11. The summed E-state index contributed by atoms with van der Waals surface area (Å²) in [6, 6.07) is 5.27. The Balaban J connectivity index is 2.58. The summed E-state index contributed by atoms with van der Waals surface area (Å²) in [4.78, 5) is 4.29. The summed E-state index contributed by atoms with van der Waals surface area (Å²) in [6.07, 6.45) is 0. The Labute approximate surface area is 92.7 Å². The van der Waals surface area contributed by atoms with E-state index in [0.29, 0.717) is 16.5 Å². The molecule has 5 heteroatoms. The first-order chi connectivity index (χ1) is 7.08. The van der Waals surface area contributed by atoms with E-state index >= 15 is 0 Å². The van der Waals surface area contributed by atoms with Crippen molar-refractivity contribution in [2.24, 2.45) is 7.05 Å². The van der Waals surface area contributed by atoms with Crippen LogP contribution in [-0.2, 0) is 7.05 Å². The summed E-state index contributed by atoms with van der Waals surface area (Å²) in [7, 11) is 1.84. The molecule has 0 aliphatic rings. The van der Waals surface area contributed by atoms with E-state index in [-0.39, 0.29) is 0 Å². The van der Waals surface area contributed by atoms with Crippen LogP contribution in [0.4, 0.5) is 5.69 Å². The van der Waals surface area contributed by atoms with Gasteiger partial charge in [-0.15, -0.1) is 0 Å². The number of nitrogens with two attached hydrogens (primary N) is 1. The van der Waals surface area contributed by atoms with Crippen molar-refractivity contribution in [2.45, 2.75) is 6.92 Å². The largest absolute Gasteiger partial charge is 0.399 e. The standard InChI is InChI=1S/C10H11ClN4/c1-6-13-10(14-15(6)2)8-5-7(12)3-4-9(8)11/h3-5H,12H2,1-2H3. The van der Waals surface area contributed by atoms with Gasteiger partial charge in [-0.1, -0.05) is 11.6 Å². The van der Waals surface area contributed by atoms with Gasteiger partial charge in [0.1, 0.15) is 5.82 Å². The lowest BCUT2D eigenvalue weighted by Crippen LogP contribution is -1.93. The zero-order valence-electron chi connectivity index (χ0n) is 8.53. The van der Waals surface area contributed by atoms with E-state index < -0.39 is 0 Å². The van der Waals surface area contributed by atoms with Crippen LogP contribution in [0, 0.1) is 6.92 Å². The lowest BCUT2D eigenvalue weighted by Gasteiger charge is -2.00. The van der Waals surface area contributed by atoms with Crippen molar-refractivity contribution in [3.63, 3.8) is 0 Å². The van der Waals surface area contributed by atoms with Gasteiger partial charge in [-0.05, 0) is 25.1 Å². The van der Waals surface area contributed by atoms with Crippen LogP contribution in [0.2, 0.25) is 5.02 Å². The second-order valence-electron chi connectivity index (χ2n) is 3.35. The van der Waals surface area contributed by atoms with Gasteiger partial charge in [0, 0.05) is 18.3 Å². The van der Waals surface area contributed by atoms with E-state index in [2.05, 4.69) is 10.1 Å². The maximum Gasteiger partial charge on any atom is 0.182 e. The van der Waals surface area contributed by atoms with Crippen LogP contribution >= 0.6 is 11.6 Å². The topological polar surface area (TPSA) is 56.7 Å². The molecule has 0 radical (unpaired) electrons. The summed E-state index contributed by atoms with van der Waals surface area (Å²) in [6.45, 7) is 1.89. The highest BCUT2D eigenvalue weighted by molar-refractivity contribution is 6.33. The number of halogens is 1. The number of aromatic nitrogens is 3. The Bertz CT molecular complexity index is 485. The highest BCUT2D eigenvalue weighted by atomic mass is 35.5. The van der Waals surface area contributed by atoms with E-state index in [1.807, 2.05) is 14.0 Å². The molecule has 0 bridgehead atoms. The molecule has 4 nitrogen and oxygen atoms in total. The molecular formula is C10H11ClN4. The Hall–Kier alpha value is -1.55. The Morgan fingerprint density at radius 1 is 1.40 bits per heavy atom. The fourth-order valence-electron chi connectivity index (χ4n) is 1.29. The van der Waals surface area contributed by atoms with Gasteiger partial charge in [0.25, 0.3) is 0 Å². The number of hydrogen-bond donors (Lipinski definition) is 1. The van der Waals surface area contributed by atoms with Crippen LogP contribution in [-0.4, -0.2) is 14.8 Å². The molecule has 1 heterocycles. The molecule has 2 aromatic rings. The average molecular weight is 223 g/mol. The van der Waals surface area contributed by atoms with Crippen molar-refractivity contribution in [1.82, 2.24) is 14.8 Å². The van der Waals surface area contributed by atoms with Gasteiger partial charge in [-0.3, -0.25) is 4.68 Å². The minimum absolute atomic E-state index is 0.604. The molecule has 78 valence electrons. The Kier molecular flexibility index (Phi) is 2.36. The maximum absolute atomic E-state index is 6.05. The SMILES string of the molecule is Cc1nc(-c2cc(N)ccc2Cl)nn1C. The third-order valence-corrected chi connectivity index (χ3v) is 2.54. The molecule has 1 aromatic heterocycles. The molecule has 0 saturated carbocycles. The van der Waals surface area contributed by atoms with Crippen LogP contribution in [0.25, 0.3) is 11.4 Å². The van der Waals surface area contributed by atoms with Crippen molar-refractivity contribution >= 4 is 17.3 Å². The van der Waals surface area contributed by atoms with E-state index in [1.54, 1.807) is 22.9 Å². The zero-order chi connectivity index (χ0) is 11.0. The van der Waals surface area contributed by atoms with E-state index in [1.165, 1.54) is 0 Å². The number of anilines is 1. The maximum atomic E-state index is 6.05. The monoisotopic (exact) mass is 222 g/mol. The second kappa shape index (κ2) is 3.55. The lowest BCUT2D eigenvalue weighted by molar-refractivity contribution is 0.736. The van der Waals surface area contributed by atoms with Gasteiger partial charge < -0.3 is 5.73 Å². The zero-order valence-corrected chi connectivity index (χ0v) is 9.28. The summed E-state index contributed by atoms with van der Waals surface area (Å²) in [5, 5.41) is 4.85. The molecule has 0 aliphatic carbocycles. The second-order valence-corrected chi connectivity index (χ2v) is 3.75. The van der Waals surface area contributed by atoms with Crippen LogP contribution < -0.4 is 5.73 Å². The fourth-order valence-corrected chi connectivity index (χ4v) is 1.49. The predicted octanol–water partition coefficient (Wildman–Crippen LogP) is 2.03. The molecule has 0 amide bonds. The van der Waals surface area contributed by atoms with E-state index in [4.69, 9.17) is 17.3 Å². The minimum atomic E-state index is 0.604. The third-order valence-electron chi connectivity index (χ3n) is 2.21. The van der Waals surface area contributed by atoms with Gasteiger partial charge in [0.2, 0.25) is 0 Å². The smallest absolute Gasteiger partial charge is 0.182 e. The first-order valence-corrected chi connectivity index (χ1v) is 4.89. The number of nitrogen functional groups attached to an aromatic ring is 1. The van der Waals surface area contributed by atoms with Crippen LogP contribution in [0.15, 0.2) is 18.2 Å². The summed E-state index contributed by atoms with van der Waals surface area (Å²) < 4.78 is 1.70. The number of aryl methyl sites for hydroxylation is 2. The lowest BCUT2D eigenvalue weighted by atomic mass is 10.2. The molecule has 1 aromatic carbocycles. The van der Waals surface area contributed by atoms with Gasteiger partial charge in [0.05, 0.1) is 5.02 Å². The minimum Gasteiger partial charge on any atom is -0.399 e. The number of nitrogens with zero attached hydrogens (tertiary/aromatic N) is 3. The van der Waals surface area contributed by atoms with Crippen molar-refractivity contribution in [1.29, 1.82) is 0 Å².